The van der Waals surface area contributed by atoms with E-state index in [2.05, 4.69) is 29.3 Å². The zero-order chi connectivity index (χ0) is 11.5. The molecule has 1 fully saturated rings. The van der Waals surface area contributed by atoms with Gasteiger partial charge in [-0.2, -0.15) is 4.98 Å². The Balaban J connectivity index is 1.85. The van der Waals surface area contributed by atoms with Gasteiger partial charge in [0.2, 0.25) is 5.89 Å². The highest BCUT2D eigenvalue weighted by molar-refractivity contribution is 4.86. The third-order valence-corrected chi connectivity index (χ3v) is 3.79. The van der Waals surface area contributed by atoms with Crippen LogP contribution in [0, 0.1) is 18.8 Å². The summed E-state index contributed by atoms with van der Waals surface area (Å²) in [4.78, 5) is 4.20. The molecule has 1 N–H and O–H groups in total. The largest absolute Gasteiger partial charge is 0.338 e. The summed E-state index contributed by atoms with van der Waals surface area (Å²) in [5, 5.41) is 7.32. The predicted molar refractivity (Wildman–Crippen MR) is 61.8 cm³/mol. The van der Waals surface area contributed by atoms with E-state index in [-0.39, 0.29) is 0 Å². The summed E-state index contributed by atoms with van der Waals surface area (Å²) in [6, 6.07) is 0.593. The van der Waals surface area contributed by atoms with Crippen LogP contribution in [-0.4, -0.2) is 16.2 Å². The number of hydrogen-bond donors (Lipinski definition) is 1. The van der Waals surface area contributed by atoms with Crippen molar-refractivity contribution in [1.82, 2.24) is 15.5 Å². The van der Waals surface area contributed by atoms with Crippen molar-refractivity contribution in [2.24, 2.45) is 11.8 Å². The highest BCUT2D eigenvalue weighted by atomic mass is 16.5. The van der Waals surface area contributed by atoms with E-state index in [0.29, 0.717) is 24.3 Å². The summed E-state index contributed by atoms with van der Waals surface area (Å²) in [6.45, 7) is 7.22. The molecule has 1 aliphatic carbocycles. The van der Waals surface area contributed by atoms with Crippen LogP contribution in [0.4, 0.5) is 0 Å². The second kappa shape index (κ2) is 4.95. The molecule has 2 rings (SSSR count). The molecule has 16 heavy (non-hydrogen) atoms. The van der Waals surface area contributed by atoms with Crippen molar-refractivity contribution in [2.45, 2.75) is 52.6 Å². The Hall–Kier alpha value is -0.900. The molecule has 1 aromatic rings. The van der Waals surface area contributed by atoms with Crippen LogP contribution in [0.15, 0.2) is 4.52 Å². The van der Waals surface area contributed by atoms with Crippen molar-refractivity contribution in [3.8, 4) is 0 Å². The number of aromatic nitrogens is 2. The summed E-state index contributed by atoms with van der Waals surface area (Å²) in [5.41, 5.74) is 0. The van der Waals surface area contributed by atoms with E-state index in [9.17, 15) is 0 Å². The maximum atomic E-state index is 5.09. The van der Waals surface area contributed by atoms with Crippen LogP contribution in [0.5, 0.6) is 0 Å². The monoisotopic (exact) mass is 223 g/mol. The Morgan fingerprint density at radius 3 is 2.88 bits per heavy atom. The third-order valence-electron chi connectivity index (χ3n) is 3.79. The summed E-state index contributed by atoms with van der Waals surface area (Å²) in [5.74, 6) is 2.96. The van der Waals surface area contributed by atoms with Crippen LogP contribution < -0.4 is 5.32 Å². The molecule has 4 heteroatoms. The lowest BCUT2D eigenvalue weighted by molar-refractivity contribution is 0.200. The fourth-order valence-corrected chi connectivity index (χ4v) is 2.50. The average molecular weight is 223 g/mol. The van der Waals surface area contributed by atoms with Crippen molar-refractivity contribution in [2.75, 3.05) is 0 Å². The average Bonchev–Trinajstić information content (AvgIpc) is 2.67. The molecule has 0 radical (unpaired) electrons. The summed E-state index contributed by atoms with van der Waals surface area (Å²) in [7, 11) is 0. The number of rotatable bonds is 3. The highest BCUT2D eigenvalue weighted by Gasteiger charge is 2.26. The van der Waals surface area contributed by atoms with Crippen LogP contribution in [0.2, 0.25) is 0 Å². The summed E-state index contributed by atoms with van der Waals surface area (Å²) in [6.07, 6.45) is 3.95. The van der Waals surface area contributed by atoms with Gasteiger partial charge >= 0.3 is 0 Å². The number of hydrogen-bond acceptors (Lipinski definition) is 4. The lowest BCUT2D eigenvalue weighted by Crippen LogP contribution is -2.40. The SMILES string of the molecule is Cc1noc(CNC2CCCC(C)C2C)n1. The normalized spacial score (nSPS) is 30.6. The van der Waals surface area contributed by atoms with Crippen molar-refractivity contribution in [3.05, 3.63) is 11.7 Å². The second-order valence-corrected chi connectivity index (χ2v) is 4.99. The molecule has 0 amide bonds. The molecule has 0 saturated heterocycles. The number of nitrogens with zero attached hydrogens (tertiary/aromatic N) is 2. The Kier molecular flexibility index (Phi) is 3.59. The van der Waals surface area contributed by atoms with Gasteiger partial charge < -0.3 is 9.84 Å². The van der Waals surface area contributed by atoms with Gasteiger partial charge in [0.05, 0.1) is 6.54 Å². The summed E-state index contributed by atoms with van der Waals surface area (Å²) >= 11 is 0. The maximum absolute atomic E-state index is 5.09. The van der Waals surface area contributed by atoms with E-state index in [4.69, 9.17) is 4.52 Å². The maximum Gasteiger partial charge on any atom is 0.240 e. The second-order valence-electron chi connectivity index (χ2n) is 4.99. The molecule has 1 saturated carbocycles. The van der Waals surface area contributed by atoms with Crippen molar-refractivity contribution in [3.63, 3.8) is 0 Å². The van der Waals surface area contributed by atoms with Crippen molar-refractivity contribution < 1.29 is 4.52 Å². The van der Waals surface area contributed by atoms with Gasteiger partial charge in [-0.15, -0.1) is 0 Å². The van der Waals surface area contributed by atoms with E-state index >= 15 is 0 Å². The molecule has 1 heterocycles. The molecule has 3 unspecified atom stereocenters. The van der Waals surface area contributed by atoms with Crippen molar-refractivity contribution in [1.29, 1.82) is 0 Å². The zero-order valence-electron chi connectivity index (χ0n) is 10.4. The summed E-state index contributed by atoms with van der Waals surface area (Å²) < 4.78 is 5.09. The molecule has 3 atom stereocenters. The fraction of sp³-hybridized carbons (Fsp3) is 0.833. The Morgan fingerprint density at radius 1 is 1.38 bits per heavy atom. The molecule has 4 nitrogen and oxygen atoms in total. The highest BCUT2D eigenvalue weighted by Crippen LogP contribution is 2.29. The Labute approximate surface area is 96.8 Å². The van der Waals surface area contributed by atoms with Crippen LogP contribution in [-0.2, 0) is 6.54 Å². The molecule has 0 aliphatic heterocycles. The molecular weight excluding hydrogens is 202 g/mol. The van der Waals surface area contributed by atoms with Crippen LogP contribution in [0.25, 0.3) is 0 Å². The molecule has 90 valence electrons. The van der Waals surface area contributed by atoms with E-state index in [1.165, 1.54) is 19.3 Å². The Morgan fingerprint density at radius 2 is 2.19 bits per heavy atom. The van der Waals surface area contributed by atoms with Gasteiger partial charge in [0.15, 0.2) is 5.82 Å². The number of nitrogens with one attached hydrogen (secondary N) is 1. The Bertz CT molecular complexity index is 337. The topological polar surface area (TPSA) is 51.0 Å². The molecule has 1 aliphatic rings. The first-order valence-electron chi connectivity index (χ1n) is 6.19. The van der Waals surface area contributed by atoms with E-state index in [1.54, 1.807) is 0 Å². The first-order valence-corrected chi connectivity index (χ1v) is 6.19. The van der Waals surface area contributed by atoms with Crippen LogP contribution in [0.1, 0.15) is 44.8 Å². The molecule has 0 bridgehead atoms. The van der Waals surface area contributed by atoms with E-state index in [1.807, 2.05) is 6.92 Å². The minimum absolute atomic E-state index is 0.593. The van der Waals surface area contributed by atoms with E-state index in [0.717, 1.165) is 11.8 Å². The standard InChI is InChI=1S/C12H21N3O/c1-8-5-4-6-11(9(8)2)13-7-12-14-10(3)15-16-12/h8-9,11,13H,4-7H2,1-3H3. The van der Waals surface area contributed by atoms with Crippen molar-refractivity contribution >= 4 is 0 Å². The van der Waals surface area contributed by atoms with Gasteiger partial charge in [-0.3, -0.25) is 0 Å². The first kappa shape index (κ1) is 11.6. The fourth-order valence-electron chi connectivity index (χ4n) is 2.50. The number of aryl methyl sites for hydroxylation is 1. The van der Waals surface area contributed by atoms with Crippen LogP contribution in [0.3, 0.4) is 0 Å². The smallest absolute Gasteiger partial charge is 0.240 e. The lowest BCUT2D eigenvalue weighted by atomic mass is 9.78. The molecule has 1 aromatic heterocycles. The van der Waals surface area contributed by atoms with Gasteiger partial charge in [0.25, 0.3) is 0 Å². The zero-order valence-corrected chi connectivity index (χ0v) is 10.4. The van der Waals surface area contributed by atoms with Gasteiger partial charge in [0.1, 0.15) is 0 Å². The molecule has 0 aromatic carbocycles. The van der Waals surface area contributed by atoms with Gasteiger partial charge in [-0.1, -0.05) is 31.8 Å². The minimum Gasteiger partial charge on any atom is -0.338 e. The first-order chi connectivity index (χ1) is 7.66. The van der Waals surface area contributed by atoms with Gasteiger partial charge in [-0.05, 0) is 25.2 Å². The van der Waals surface area contributed by atoms with Gasteiger partial charge in [-0.25, -0.2) is 0 Å². The quantitative estimate of drug-likeness (QED) is 0.854. The van der Waals surface area contributed by atoms with E-state index < -0.39 is 0 Å². The third kappa shape index (κ3) is 2.61. The van der Waals surface area contributed by atoms with Gasteiger partial charge in [0, 0.05) is 6.04 Å². The predicted octanol–water partition coefficient (Wildman–Crippen LogP) is 2.29. The molecule has 0 spiro atoms. The minimum atomic E-state index is 0.593. The van der Waals surface area contributed by atoms with Crippen LogP contribution >= 0.6 is 0 Å². The lowest BCUT2D eigenvalue weighted by Gasteiger charge is -2.34. The molecular formula is C12H21N3O.